The first-order valence-electron chi connectivity index (χ1n) is 14.0. The molecule has 0 radical (unpaired) electrons. The molecule has 0 saturated heterocycles. The van der Waals surface area contributed by atoms with Crippen LogP contribution in [0.2, 0.25) is 0 Å². The molecule has 46 heavy (non-hydrogen) atoms. The van der Waals surface area contributed by atoms with Gasteiger partial charge in [-0.1, -0.05) is 24.3 Å². The average Bonchev–Trinajstić information content (AvgIpc) is 3.05. The van der Waals surface area contributed by atoms with E-state index in [1.165, 1.54) is 24.3 Å². The summed E-state index contributed by atoms with van der Waals surface area (Å²) < 4.78 is 57.7. The molecule has 0 saturated carbocycles. The number of hydrogen-bond donors (Lipinski definition) is 0. The number of imide groups is 2. The minimum atomic E-state index is -0.936. The highest BCUT2D eigenvalue weighted by Gasteiger charge is 2.39. The van der Waals surface area contributed by atoms with Gasteiger partial charge in [0.1, 0.15) is 23.3 Å². The summed E-state index contributed by atoms with van der Waals surface area (Å²) >= 11 is 0. The SMILES string of the molecule is O=C1c2ccc3c4ccc5c6c(ccc(c7ccc(c2c37)C(=O)N1c1cc(F)ccc1F)c64)C(=O)N(c1cc(F)ccc1F)C5=O. The maximum atomic E-state index is 14.8. The molecule has 2 aliphatic rings. The Morgan fingerprint density at radius 1 is 0.370 bits per heavy atom. The molecule has 0 spiro atoms. The van der Waals surface area contributed by atoms with E-state index in [2.05, 4.69) is 0 Å². The van der Waals surface area contributed by atoms with Gasteiger partial charge in [-0.25, -0.2) is 27.4 Å². The van der Waals surface area contributed by atoms with Crippen molar-refractivity contribution in [3.63, 3.8) is 0 Å². The van der Waals surface area contributed by atoms with Crippen LogP contribution < -0.4 is 9.80 Å². The summed E-state index contributed by atoms with van der Waals surface area (Å²) in [6.45, 7) is 0. The summed E-state index contributed by atoms with van der Waals surface area (Å²) in [5, 5.41) is 4.32. The summed E-state index contributed by atoms with van der Waals surface area (Å²) in [6.07, 6.45) is 0. The Morgan fingerprint density at radius 3 is 0.978 bits per heavy atom. The molecule has 6 nitrogen and oxygen atoms in total. The van der Waals surface area contributed by atoms with Crippen molar-refractivity contribution in [2.24, 2.45) is 0 Å². The van der Waals surface area contributed by atoms with Gasteiger partial charge in [-0.05, 0) is 80.8 Å². The van der Waals surface area contributed by atoms with Crippen LogP contribution in [0.4, 0.5) is 28.9 Å². The molecule has 0 unspecified atom stereocenters. The molecule has 2 aliphatic heterocycles. The van der Waals surface area contributed by atoms with Crippen LogP contribution >= 0.6 is 0 Å². The van der Waals surface area contributed by atoms with Gasteiger partial charge in [0.05, 0.1) is 11.4 Å². The van der Waals surface area contributed by atoms with E-state index in [0.717, 1.165) is 36.4 Å². The summed E-state index contributed by atoms with van der Waals surface area (Å²) in [6, 6.07) is 17.8. The predicted molar refractivity (Wildman–Crippen MR) is 163 cm³/mol. The lowest BCUT2D eigenvalue weighted by Gasteiger charge is -2.30. The summed E-state index contributed by atoms with van der Waals surface area (Å²) in [4.78, 5) is 56.2. The van der Waals surface area contributed by atoms with E-state index in [-0.39, 0.29) is 22.3 Å². The number of benzene rings is 7. The molecule has 0 fully saturated rings. The Morgan fingerprint density at radius 2 is 0.674 bits per heavy atom. The zero-order chi connectivity index (χ0) is 31.8. The first-order valence-corrected chi connectivity index (χ1v) is 14.0. The molecule has 10 heteroatoms. The third-order valence-corrected chi connectivity index (χ3v) is 8.93. The Labute approximate surface area is 255 Å². The molecular formula is C36H14F4N2O4. The van der Waals surface area contributed by atoms with Crippen LogP contribution in [0.5, 0.6) is 0 Å². The Kier molecular flexibility index (Phi) is 4.98. The van der Waals surface area contributed by atoms with Crippen LogP contribution in [0.15, 0.2) is 84.9 Å². The van der Waals surface area contributed by atoms with E-state index < -0.39 is 58.3 Å². The number of halogens is 4. The average molecular weight is 615 g/mol. The number of nitrogens with zero attached hydrogens (tertiary/aromatic N) is 2. The molecule has 220 valence electrons. The highest BCUT2D eigenvalue weighted by atomic mass is 19.1. The van der Waals surface area contributed by atoms with Crippen molar-refractivity contribution in [2.75, 3.05) is 9.80 Å². The molecule has 0 bridgehead atoms. The first-order chi connectivity index (χ1) is 22.2. The molecular weight excluding hydrogens is 600 g/mol. The number of anilines is 2. The van der Waals surface area contributed by atoms with Gasteiger partial charge in [-0.15, -0.1) is 0 Å². The van der Waals surface area contributed by atoms with Gasteiger partial charge in [0.2, 0.25) is 0 Å². The van der Waals surface area contributed by atoms with Crippen molar-refractivity contribution in [2.45, 2.75) is 0 Å². The van der Waals surface area contributed by atoms with Gasteiger partial charge in [-0.2, -0.15) is 0 Å². The van der Waals surface area contributed by atoms with Crippen molar-refractivity contribution in [3.8, 4) is 0 Å². The zero-order valence-electron chi connectivity index (χ0n) is 23.1. The Balaban J connectivity index is 1.31. The van der Waals surface area contributed by atoms with Crippen molar-refractivity contribution < 1.29 is 36.7 Å². The topological polar surface area (TPSA) is 74.8 Å². The van der Waals surface area contributed by atoms with Crippen LogP contribution in [0, 0.1) is 23.3 Å². The number of fused-ring (bicyclic) bond motifs is 2. The lowest BCUT2D eigenvalue weighted by atomic mass is 9.82. The minimum absolute atomic E-state index is 0.117. The largest absolute Gasteiger partial charge is 0.268 e. The Bertz CT molecular complexity index is 2330. The number of hydrogen-bond acceptors (Lipinski definition) is 4. The van der Waals surface area contributed by atoms with E-state index in [0.29, 0.717) is 52.9 Å². The van der Waals surface area contributed by atoms with Gasteiger partial charge >= 0.3 is 0 Å². The van der Waals surface area contributed by atoms with Crippen molar-refractivity contribution in [3.05, 3.63) is 130 Å². The van der Waals surface area contributed by atoms with Crippen LogP contribution in [0.1, 0.15) is 41.4 Å². The molecule has 9 rings (SSSR count). The highest BCUT2D eigenvalue weighted by molar-refractivity contribution is 6.45. The maximum Gasteiger partial charge on any atom is 0.266 e. The molecule has 0 N–H and O–H groups in total. The van der Waals surface area contributed by atoms with E-state index in [1.807, 2.05) is 0 Å². The molecule has 0 atom stereocenters. The third-order valence-electron chi connectivity index (χ3n) is 8.93. The Hall–Kier alpha value is -6.16. The quantitative estimate of drug-likeness (QED) is 0.0859. The maximum absolute atomic E-state index is 14.8. The lowest BCUT2D eigenvalue weighted by molar-refractivity contribution is 0.0876. The standard InChI is InChI=1S/C36H14F4N2O4/c37-15-1-11-25(39)27(13-15)41-33(43)21-7-3-17-19-5-9-23-32-24(36(46)42(35(23)45)28-14-16(38)2-12-26(28)40)10-6-20(30(19)32)18-4-8-22(34(41)44)31(21)29(17)18/h1-14H. The van der Waals surface area contributed by atoms with Crippen LogP contribution in [0.3, 0.4) is 0 Å². The fourth-order valence-electron chi connectivity index (χ4n) is 7.02. The van der Waals surface area contributed by atoms with Gasteiger partial charge in [-0.3, -0.25) is 19.2 Å². The molecule has 7 aromatic rings. The van der Waals surface area contributed by atoms with E-state index in [9.17, 15) is 36.7 Å². The second-order valence-electron chi connectivity index (χ2n) is 11.2. The normalized spacial score (nSPS) is 14.6. The first kappa shape index (κ1) is 26.3. The second-order valence-corrected chi connectivity index (χ2v) is 11.2. The molecule has 2 heterocycles. The van der Waals surface area contributed by atoms with Crippen LogP contribution in [-0.4, -0.2) is 23.6 Å². The zero-order valence-corrected chi connectivity index (χ0v) is 23.1. The molecule has 4 amide bonds. The van der Waals surface area contributed by atoms with Gasteiger partial charge in [0.15, 0.2) is 0 Å². The summed E-state index contributed by atoms with van der Waals surface area (Å²) in [5.74, 6) is -6.77. The van der Waals surface area contributed by atoms with E-state index >= 15 is 0 Å². The van der Waals surface area contributed by atoms with Gasteiger partial charge in [0.25, 0.3) is 23.6 Å². The summed E-state index contributed by atoms with van der Waals surface area (Å²) in [5.41, 5.74) is -0.533. The van der Waals surface area contributed by atoms with Crippen molar-refractivity contribution in [1.82, 2.24) is 0 Å². The lowest BCUT2D eigenvalue weighted by Crippen LogP contribution is -2.41. The predicted octanol–water partition coefficient (Wildman–Crippen LogP) is 7.89. The van der Waals surface area contributed by atoms with Crippen molar-refractivity contribution >= 4 is 78.1 Å². The fraction of sp³-hybridized carbons (Fsp3) is 0. The van der Waals surface area contributed by atoms with Gasteiger partial charge in [0, 0.05) is 45.2 Å². The number of amides is 4. The third kappa shape index (κ3) is 3.14. The number of rotatable bonds is 2. The fourth-order valence-corrected chi connectivity index (χ4v) is 7.02. The highest BCUT2D eigenvalue weighted by Crippen LogP contribution is 2.47. The molecule has 7 aromatic carbocycles. The van der Waals surface area contributed by atoms with Gasteiger partial charge < -0.3 is 0 Å². The smallest absolute Gasteiger partial charge is 0.266 e. The van der Waals surface area contributed by atoms with E-state index in [4.69, 9.17) is 0 Å². The van der Waals surface area contributed by atoms with E-state index in [1.54, 1.807) is 24.3 Å². The number of carbonyl (C=O) groups excluding carboxylic acids is 4. The van der Waals surface area contributed by atoms with Crippen molar-refractivity contribution in [1.29, 1.82) is 0 Å². The molecule has 0 aromatic heterocycles. The van der Waals surface area contributed by atoms with Crippen LogP contribution in [-0.2, 0) is 0 Å². The molecule has 0 aliphatic carbocycles. The van der Waals surface area contributed by atoms with Crippen LogP contribution in [0.25, 0.3) is 43.1 Å². The monoisotopic (exact) mass is 614 g/mol. The number of carbonyl (C=O) groups is 4. The minimum Gasteiger partial charge on any atom is -0.268 e. The summed E-state index contributed by atoms with van der Waals surface area (Å²) in [7, 11) is 0. The second kappa shape index (κ2) is 8.72.